The van der Waals surface area contributed by atoms with Crippen molar-refractivity contribution >= 4 is 39.1 Å². The molecule has 0 bridgehead atoms. The number of hydrogen-bond donors (Lipinski definition) is 1. The zero-order valence-electron chi connectivity index (χ0n) is 18.5. The van der Waals surface area contributed by atoms with Crippen molar-refractivity contribution in [3.05, 3.63) is 68.7 Å². The molecule has 1 aliphatic heterocycles. The number of nitrogens with one attached hydrogen (secondary N) is 1. The first kappa shape index (κ1) is 25.0. The van der Waals surface area contributed by atoms with Gasteiger partial charge in [-0.2, -0.15) is 0 Å². The SMILES string of the molecule is CCc1ccc(CC)c(CNC(=O)C2CCCN(S(=O)(=O)Cc3c(Cl)cccc3Cl)C2)c1. The lowest BCUT2D eigenvalue weighted by Gasteiger charge is -2.31. The van der Waals surface area contributed by atoms with Gasteiger partial charge in [0.1, 0.15) is 0 Å². The van der Waals surface area contributed by atoms with E-state index in [1.807, 2.05) is 0 Å². The first-order valence-corrected chi connectivity index (χ1v) is 13.4. The lowest BCUT2D eigenvalue weighted by Crippen LogP contribution is -2.45. The van der Waals surface area contributed by atoms with Gasteiger partial charge >= 0.3 is 0 Å². The smallest absolute Gasteiger partial charge is 0.224 e. The second kappa shape index (κ2) is 11.0. The molecular weight excluding hydrogens is 467 g/mol. The van der Waals surface area contributed by atoms with Crippen molar-refractivity contribution in [2.24, 2.45) is 5.92 Å². The van der Waals surface area contributed by atoms with Crippen molar-refractivity contribution in [1.29, 1.82) is 0 Å². The molecule has 0 saturated carbocycles. The van der Waals surface area contributed by atoms with Gasteiger partial charge in [-0.1, -0.05) is 61.3 Å². The van der Waals surface area contributed by atoms with Gasteiger partial charge in [-0.05, 0) is 54.5 Å². The summed E-state index contributed by atoms with van der Waals surface area (Å²) >= 11 is 12.3. The number of nitrogens with zero attached hydrogens (tertiary/aromatic N) is 1. The van der Waals surface area contributed by atoms with E-state index in [9.17, 15) is 13.2 Å². The molecule has 0 aliphatic carbocycles. The summed E-state index contributed by atoms with van der Waals surface area (Å²) in [7, 11) is -3.65. The van der Waals surface area contributed by atoms with Crippen LogP contribution in [0.1, 0.15) is 48.9 Å². The largest absolute Gasteiger partial charge is 0.352 e. The lowest BCUT2D eigenvalue weighted by atomic mass is 9.97. The van der Waals surface area contributed by atoms with E-state index in [-0.39, 0.29) is 24.1 Å². The Kier molecular flexibility index (Phi) is 8.62. The quantitative estimate of drug-likeness (QED) is 0.560. The normalized spacial score (nSPS) is 17.3. The minimum atomic E-state index is -3.65. The topological polar surface area (TPSA) is 66.5 Å². The second-order valence-electron chi connectivity index (χ2n) is 8.18. The second-order valence-corrected chi connectivity index (χ2v) is 11.0. The summed E-state index contributed by atoms with van der Waals surface area (Å²) in [6.07, 6.45) is 3.14. The predicted molar refractivity (Wildman–Crippen MR) is 130 cm³/mol. The lowest BCUT2D eigenvalue weighted by molar-refractivity contribution is -0.126. The summed E-state index contributed by atoms with van der Waals surface area (Å²) < 4.78 is 27.5. The molecule has 0 spiro atoms. The third-order valence-electron chi connectivity index (χ3n) is 6.05. The molecule has 174 valence electrons. The molecular formula is C24H30Cl2N2O3S. The molecule has 3 rings (SSSR count). The van der Waals surface area contributed by atoms with E-state index in [2.05, 4.69) is 37.4 Å². The van der Waals surface area contributed by atoms with Crippen LogP contribution in [0, 0.1) is 5.92 Å². The molecule has 8 heteroatoms. The minimum Gasteiger partial charge on any atom is -0.352 e. The highest BCUT2D eigenvalue weighted by Crippen LogP contribution is 2.29. The Balaban J connectivity index is 1.66. The summed E-state index contributed by atoms with van der Waals surface area (Å²) in [4.78, 5) is 12.9. The number of carbonyl (C=O) groups is 1. The van der Waals surface area contributed by atoms with Crippen LogP contribution in [-0.2, 0) is 40.0 Å². The monoisotopic (exact) mass is 496 g/mol. The molecule has 1 saturated heterocycles. The predicted octanol–water partition coefficient (Wildman–Crippen LogP) is 4.98. The Morgan fingerprint density at radius 3 is 2.47 bits per heavy atom. The average Bonchev–Trinajstić information content (AvgIpc) is 2.79. The Bertz CT molecular complexity index is 1050. The molecule has 1 fully saturated rings. The van der Waals surface area contributed by atoms with Crippen LogP contribution in [0.5, 0.6) is 0 Å². The van der Waals surface area contributed by atoms with Crippen molar-refractivity contribution in [2.45, 2.75) is 51.8 Å². The van der Waals surface area contributed by atoms with Gasteiger partial charge in [0.25, 0.3) is 0 Å². The van der Waals surface area contributed by atoms with Crippen molar-refractivity contribution < 1.29 is 13.2 Å². The Labute approximate surface area is 201 Å². The highest BCUT2D eigenvalue weighted by Gasteiger charge is 2.33. The highest BCUT2D eigenvalue weighted by atomic mass is 35.5. The van der Waals surface area contributed by atoms with Crippen LogP contribution in [0.4, 0.5) is 0 Å². The van der Waals surface area contributed by atoms with E-state index in [0.717, 1.165) is 18.4 Å². The summed E-state index contributed by atoms with van der Waals surface area (Å²) in [5.41, 5.74) is 3.96. The average molecular weight is 497 g/mol. The fraction of sp³-hybridized carbons (Fsp3) is 0.458. The molecule has 5 nitrogen and oxygen atoms in total. The molecule has 2 aromatic rings. The van der Waals surface area contributed by atoms with Gasteiger partial charge in [-0.15, -0.1) is 0 Å². The van der Waals surface area contributed by atoms with Crippen molar-refractivity contribution in [3.63, 3.8) is 0 Å². The van der Waals surface area contributed by atoms with Gasteiger partial charge in [-0.25, -0.2) is 12.7 Å². The number of amides is 1. The Morgan fingerprint density at radius 1 is 1.09 bits per heavy atom. The molecule has 1 N–H and O–H groups in total. The third-order valence-corrected chi connectivity index (χ3v) is 8.53. The minimum absolute atomic E-state index is 0.107. The first-order valence-electron chi connectivity index (χ1n) is 11.0. The molecule has 0 aromatic heterocycles. The number of halogens is 2. The first-order chi connectivity index (χ1) is 15.2. The highest BCUT2D eigenvalue weighted by molar-refractivity contribution is 7.88. The van der Waals surface area contributed by atoms with Crippen LogP contribution in [0.3, 0.4) is 0 Å². The number of aryl methyl sites for hydroxylation is 2. The van der Waals surface area contributed by atoms with E-state index in [1.54, 1.807) is 18.2 Å². The summed E-state index contributed by atoms with van der Waals surface area (Å²) in [6, 6.07) is 11.3. The molecule has 0 radical (unpaired) electrons. The third kappa shape index (κ3) is 6.04. The number of sulfonamides is 1. The van der Waals surface area contributed by atoms with Crippen LogP contribution in [0.2, 0.25) is 10.0 Å². The van der Waals surface area contributed by atoms with Crippen molar-refractivity contribution in [1.82, 2.24) is 9.62 Å². The van der Waals surface area contributed by atoms with E-state index in [0.29, 0.717) is 41.5 Å². The van der Waals surface area contributed by atoms with Crippen LogP contribution >= 0.6 is 23.2 Å². The van der Waals surface area contributed by atoms with Gasteiger partial charge < -0.3 is 5.32 Å². The zero-order chi connectivity index (χ0) is 23.3. The summed E-state index contributed by atoms with van der Waals surface area (Å²) in [6.45, 7) is 5.23. The van der Waals surface area contributed by atoms with Crippen molar-refractivity contribution in [2.75, 3.05) is 13.1 Å². The van der Waals surface area contributed by atoms with E-state index in [1.165, 1.54) is 15.4 Å². The fourth-order valence-electron chi connectivity index (χ4n) is 4.09. The number of carbonyl (C=O) groups excluding carboxylic acids is 1. The van der Waals surface area contributed by atoms with E-state index < -0.39 is 10.0 Å². The Morgan fingerprint density at radius 2 is 1.81 bits per heavy atom. The zero-order valence-corrected chi connectivity index (χ0v) is 20.9. The van der Waals surface area contributed by atoms with Crippen LogP contribution in [0.15, 0.2) is 36.4 Å². The fourth-order valence-corrected chi connectivity index (χ4v) is 6.45. The van der Waals surface area contributed by atoms with Gasteiger partial charge in [-0.3, -0.25) is 4.79 Å². The van der Waals surface area contributed by atoms with Crippen LogP contribution in [-0.4, -0.2) is 31.7 Å². The molecule has 1 aliphatic rings. The molecule has 1 atom stereocenters. The Hall–Kier alpha value is -1.60. The van der Waals surface area contributed by atoms with E-state index in [4.69, 9.17) is 23.2 Å². The standard InChI is InChI=1S/C24H30Cl2N2O3S/c1-3-17-10-11-18(4-2)20(13-17)14-27-24(29)19-7-6-12-28(15-19)32(30,31)16-21-22(25)8-5-9-23(21)26/h5,8-11,13,19H,3-4,6-7,12,14-16H2,1-2H3,(H,27,29). The number of hydrogen-bond acceptors (Lipinski definition) is 3. The maximum Gasteiger partial charge on any atom is 0.224 e. The maximum atomic E-state index is 13.0. The van der Waals surface area contributed by atoms with Gasteiger partial charge in [0.2, 0.25) is 15.9 Å². The maximum absolute atomic E-state index is 13.0. The molecule has 1 unspecified atom stereocenters. The summed E-state index contributed by atoms with van der Waals surface area (Å²) in [5.74, 6) is -0.756. The van der Waals surface area contributed by atoms with Gasteiger partial charge in [0, 0.05) is 35.2 Å². The number of piperidine rings is 1. The number of benzene rings is 2. The number of rotatable bonds is 8. The van der Waals surface area contributed by atoms with Gasteiger partial charge in [0.05, 0.1) is 11.7 Å². The van der Waals surface area contributed by atoms with E-state index >= 15 is 0 Å². The molecule has 1 amide bonds. The molecule has 1 heterocycles. The van der Waals surface area contributed by atoms with Crippen LogP contribution < -0.4 is 5.32 Å². The molecule has 2 aromatic carbocycles. The van der Waals surface area contributed by atoms with Gasteiger partial charge in [0.15, 0.2) is 0 Å². The van der Waals surface area contributed by atoms with Crippen LogP contribution in [0.25, 0.3) is 0 Å². The summed E-state index contributed by atoms with van der Waals surface area (Å²) in [5, 5.41) is 3.69. The van der Waals surface area contributed by atoms with Crippen molar-refractivity contribution in [3.8, 4) is 0 Å². The molecule has 32 heavy (non-hydrogen) atoms.